The van der Waals surface area contributed by atoms with Crippen LogP contribution in [-0.4, -0.2) is 25.0 Å². The Balaban J connectivity index is 2.15. The minimum absolute atomic E-state index is 0.136. The van der Waals surface area contributed by atoms with Crippen molar-refractivity contribution in [2.45, 2.75) is 6.54 Å². The summed E-state index contributed by atoms with van der Waals surface area (Å²) in [4.78, 5) is 3.76. The summed E-state index contributed by atoms with van der Waals surface area (Å²) < 4.78 is 1.51. The molecule has 0 aliphatic rings. The first-order valence-corrected chi connectivity index (χ1v) is 4.43. The van der Waals surface area contributed by atoms with Gasteiger partial charge in [0, 0.05) is 0 Å². The van der Waals surface area contributed by atoms with E-state index in [1.54, 1.807) is 12.1 Å². The summed E-state index contributed by atoms with van der Waals surface area (Å²) in [6, 6.07) is 5.23. The molecule has 0 bridgehead atoms. The molecule has 6 nitrogen and oxygen atoms in total. The fraction of sp³-hybridized carbons (Fsp3) is 0.125. The lowest BCUT2D eigenvalue weighted by Gasteiger charge is -1.98. The quantitative estimate of drug-likeness (QED) is 0.742. The van der Waals surface area contributed by atoms with E-state index < -0.39 is 0 Å². The highest BCUT2D eigenvalue weighted by Gasteiger charge is 2.01. The molecular formula is C8H5ClN6. The highest BCUT2D eigenvalue weighted by atomic mass is 35.5. The summed E-state index contributed by atoms with van der Waals surface area (Å²) in [6.45, 7) is 0.416. The summed E-state index contributed by atoms with van der Waals surface area (Å²) in [5, 5.41) is 20.3. The summed E-state index contributed by atoms with van der Waals surface area (Å²) >= 11 is 5.59. The average molecular weight is 221 g/mol. The molecule has 7 heteroatoms. The molecule has 0 aliphatic heterocycles. The van der Waals surface area contributed by atoms with E-state index in [1.165, 1.54) is 11.0 Å². The fourth-order valence-corrected chi connectivity index (χ4v) is 1.12. The van der Waals surface area contributed by atoms with Gasteiger partial charge in [-0.3, -0.25) is 0 Å². The highest BCUT2D eigenvalue weighted by Crippen LogP contribution is 2.03. The molecule has 2 rings (SSSR count). The fourth-order valence-electron chi connectivity index (χ4n) is 1.02. The van der Waals surface area contributed by atoms with Gasteiger partial charge in [0.1, 0.15) is 12.4 Å². The van der Waals surface area contributed by atoms with E-state index in [0.29, 0.717) is 17.4 Å². The van der Waals surface area contributed by atoms with E-state index in [-0.39, 0.29) is 5.82 Å². The van der Waals surface area contributed by atoms with Crippen molar-refractivity contribution in [3.63, 3.8) is 0 Å². The first kappa shape index (κ1) is 9.55. The van der Waals surface area contributed by atoms with Crippen molar-refractivity contribution in [3.05, 3.63) is 35.1 Å². The molecule has 0 fully saturated rings. The monoisotopic (exact) mass is 220 g/mol. The van der Waals surface area contributed by atoms with Gasteiger partial charge in [-0.2, -0.15) is 10.4 Å². The first-order chi connectivity index (χ1) is 7.28. The molecule has 0 radical (unpaired) electrons. The van der Waals surface area contributed by atoms with E-state index in [1.807, 2.05) is 6.07 Å². The molecule has 2 aromatic heterocycles. The van der Waals surface area contributed by atoms with Crippen molar-refractivity contribution in [3.8, 4) is 6.07 Å². The standard InChI is InChI=1S/C8H5ClN6/c9-7-2-1-6(12-13-7)4-15-5-11-8(3-10)14-15/h1-2,5H,4H2. The van der Waals surface area contributed by atoms with Gasteiger partial charge in [-0.15, -0.1) is 10.2 Å². The number of rotatable bonds is 2. The van der Waals surface area contributed by atoms with Crippen LogP contribution >= 0.6 is 11.6 Å². The SMILES string of the molecule is N#Cc1ncn(Cc2ccc(Cl)nn2)n1. The molecule has 0 aliphatic carbocycles. The zero-order valence-electron chi connectivity index (χ0n) is 7.50. The number of hydrogen-bond acceptors (Lipinski definition) is 5. The predicted molar refractivity (Wildman–Crippen MR) is 50.9 cm³/mol. The highest BCUT2D eigenvalue weighted by molar-refractivity contribution is 6.29. The topological polar surface area (TPSA) is 80.3 Å². The molecular weight excluding hydrogens is 216 g/mol. The average Bonchev–Trinajstić information content (AvgIpc) is 2.69. The van der Waals surface area contributed by atoms with Crippen molar-refractivity contribution in [1.82, 2.24) is 25.0 Å². The number of nitrogens with zero attached hydrogens (tertiary/aromatic N) is 6. The van der Waals surface area contributed by atoms with Crippen LogP contribution in [0.25, 0.3) is 0 Å². The maximum absolute atomic E-state index is 8.52. The zero-order valence-corrected chi connectivity index (χ0v) is 8.26. The van der Waals surface area contributed by atoms with E-state index >= 15 is 0 Å². The molecule has 2 aromatic rings. The molecule has 0 aromatic carbocycles. The van der Waals surface area contributed by atoms with E-state index in [4.69, 9.17) is 16.9 Å². The van der Waals surface area contributed by atoms with Crippen molar-refractivity contribution in [2.24, 2.45) is 0 Å². The zero-order chi connectivity index (χ0) is 10.7. The van der Waals surface area contributed by atoms with Gasteiger partial charge in [0.25, 0.3) is 5.82 Å². The van der Waals surface area contributed by atoms with Crippen LogP contribution in [0.2, 0.25) is 5.15 Å². The van der Waals surface area contributed by atoms with Crippen LogP contribution in [0, 0.1) is 11.3 Å². The van der Waals surface area contributed by atoms with Crippen molar-refractivity contribution < 1.29 is 0 Å². The number of halogens is 1. The van der Waals surface area contributed by atoms with Gasteiger partial charge in [-0.25, -0.2) is 9.67 Å². The molecule has 0 unspecified atom stereocenters. The van der Waals surface area contributed by atoms with Crippen molar-refractivity contribution in [1.29, 1.82) is 5.26 Å². The summed E-state index contributed by atoms with van der Waals surface area (Å²) in [5.74, 6) is 0.136. The number of nitriles is 1. The van der Waals surface area contributed by atoms with Crippen LogP contribution < -0.4 is 0 Å². The molecule has 0 saturated heterocycles. The molecule has 74 valence electrons. The van der Waals surface area contributed by atoms with Crippen LogP contribution in [0.1, 0.15) is 11.5 Å². The third-order valence-electron chi connectivity index (χ3n) is 1.65. The van der Waals surface area contributed by atoms with Gasteiger partial charge >= 0.3 is 0 Å². The largest absolute Gasteiger partial charge is 0.252 e. The van der Waals surface area contributed by atoms with Crippen LogP contribution in [0.5, 0.6) is 0 Å². The Morgan fingerprint density at radius 2 is 2.27 bits per heavy atom. The molecule has 0 atom stereocenters. The number of hydrogen-bond donors (Lipinski definition) is 0. The molecule has 0 spiro atoms. The third kappa shape index (κ3) is 2.27. The lowest BCUT2D eigenvalue weighted by Crippen LogP contribution is -2.03. The predicted octanol–water partition coefficient (Wildman–Crippen LogP) is 0.641. The minimum Gasteiger partial charge on any atom is -0.246 e. The molecule has 15 heavy (non-hydrogen) atoms. The second-order valence-electron chi connectivity index (χ2n) is 2.72. The van der Waals surface area contributed by atoms with Crippen molar-refractivity contribution >= 4 is 11.6 Å². The lowest BCUT2D eigenvalue weighted by atomic mass is 10.4. The van der Waals surface area contributed by atoms with E-state index in [9.17, 15) is 0 Å². The van der Waals surface area contributed by atoms with Crippen LogP contribution in [0.15, 0.2) is 18.5 Å². The Morgan fingerprint density at radius 1 is 1.40 bits per heavy atom. The molecule has 0 saturated carbocycles. The Hall–Kier alpha value is -2.00. The van der Waals surface area contributed by atoms with Gasteiger partial charge in [-0.05, 0) is 12.1 Å². The third-order valence-corrected chi connectivity index (χ3v) is 1.85. The second kappa shape index (κ2) is 4.02. The maximum atomic E-state index is 8.52. The van der Waals surface area contributed by atoms with Crippen molar-refractivity contribution in [2.75, 3.05) is 0 Å². The van der Waals surface area contributed by atoms with Gasteiger partial charge in [0.05, 0.1) is 12.2 Å². The van der Waals surface area contributed by atoms with Gasteiger partial charge in [0.2, 0.25) is 0 Å². The maximum Gasteiger partial charge on any atom is 0.252 e. The Bertz CT molecular complexity index is 497. The Kier molecular flexibility index (Phi) is 2.56. The normalized spacial score (nSPS) is 9.87. The lowest BCUT2D eigenvalue weighted by molar-refractivity contribution is 0.659. The molecule has 2 heterocycles. The van der Waals surface area contributed by atoms with Gasteiger partial charge in [-0.1, -0.05) is 11.6 Å². The van der Waals surface area contributed by atoms with Crippen LogP contribution in [0.4, 0.5) is 0 Å². The number of aromatic nitrogens is 5. The summed E-state index contributed by atoms with van der Waals surface area (Å²) in [6.07, 6.45) is 1.47. The van der Waals surface area contributed by atoms with E-state index in [0.717, 1.165) is 0 Å². The molecule has 0 N–H and O–H groups in total. The molecule has 0 amide bonds. The van der Waals surface area contributed by atoms with Crippen LogP contribution in [-0.2, 0) is 6.54 Å². The Morgan fingerprint density at radius 3 is 2.87 bits per heavy atom. The summed E-state index contributed by atoms with van der Waals surface area (Å²) in [7, 11) is 0. The smallest absolute Gasteiger partial charge is 0.246 e. The first-order valence-electron chi connectivity index (χ1n) is 4.05. The van der Waals surface area contributed by atoms with Crippen LogP contribution in [0.3, 0.4) is 0 Å². The van der Waals surface area contributed by atoms with Gasteiger partial charge in [0.15, 0.2) is 5.15 Å². The second-order valence-corrected chi connectivity index (χ2v) is 3.11. The van der Waals surface area contributed by atoms with Gasteiger partial charge < -0.3 is 0 Å². The Labute approximate surface area is 90.1 Å². The summed E-state index contributed by atoms with van der Waals surface area (Å²) in [5.41, 5.74) is 0.703. The van der Waals surface area contributed by atoms with E-state index in [2.05, 4.69) is 20.3 Å². The minimum atomic E-state index is 0.136.